The predicted octanol–water partition coefficient (Wildman–Crippen LogP) is -0.0456. The summed E-state index contributed by atoms with van der Waals surface area (Å²) in [5, 5.41) is 31.1. The lowest BCUT2D eigenvalue weighted by molar-refractivity contribution is -0.131. The zero-order valence-electron chi connectivity index (χ0n) is 61.2. The Bertz CT molecular complexity index is 3890. The van der Waals surface area contributed by atoms with Gasteiger partial charge in [-0.3, -0.25) is 57.5 Å². The topological polar surface area (TPSA) is 332 Å². The summed E-state index contributed by atoms with van der Waals surface area (Å²) in [5.74, 6) is -0.268. The molecule has 30 nitrogen and oxygen atoms in total. The first-order valence-corrected chi connectivity index (χ1v) is 37.2. The average molecular weight is 1440 g/mol. The Morgan fingerprint density at radius 2 is 0.500 bits per heavy atom. The Morgan fingerprint density at radius 3 is 0.702 bits per heavy atom. The van der Waals surface area contributed by atoms with Gasteiger partial charge in [0.05, 0.1) is 110 Å². The van der Waals surface area contributed by atoms with Gasteiger partial charge in [0.1, 0.15) is 11.5 Å². The zero-order chi connectivity index (χ0) is 74.3. The number of aliphatic hydroxyl groups excluding tert-OH is 2. The lowest BCUT2D eigenvalue weighted by atomic mass is 10.1. The molecule has 16 heterocycles. The summed E-state index contributed by atoms with van der Waals surface area (Å²) in [5.41, 5.74) is 6.02. The van der Waals surface area contributed by atoms with Gasteiger partial charge in [0.25, 0.3) is 11.8 Å². The number of likely N-dealkylation sites (tertiary alicyclic amines) is 8. The Morgan fingerprint density at radius 1 is 0.279 bits per heavy atom. The van der Waals surface area contributed by atoms with Crippen LogP contribution in [-0.4, -0.2) is 315 Å². The fourth-order valence-electron chi connectivity index (χ4n) is 18.9. The van der Waals surface area contributed by atoms with Gasteiger partial charge in [0.2, 0.25) is 47.3 Å². The van der Waals surface area contributed by atoms with E-state index >= 15 is 0 Å². The number of Topliss-reactive ketones (excluding diaryl/α,β-unsaturated/α-hetero) is 2. The van der Waals surface area contributed by atoms with Crippen molar-refractivity contribution in [2.75, 3.05) is 78.5 Å². The van der Waals surface area contributed by atoms with Crippen molar-refractivity contribution in [2.24, 2.45) is 0 Å². The van der Waals surface area contributed by atoms with Crippen LogP contribution in [0.15, 0.2) is 94.3 Å². The molecule has 6 N–H and O–H groups in total. The van der Waals surface area contributed by atoms with E-state index in [0.717, 1.165) is 125 Å². The smallest absolute Gasteiger partial charge is 0.250 e. The minimum absolute atomic E-state index is 0.00219. The molecule has 16 rings (SSSR count). The molecule has 0 radical (unpaired) electrons. The third-order valence-electron chi connectivity index (χ3n) is 24.3. The third kappa shape index (κ3) is 13.8. The van der Waals surface area contributed by atoms with Gasteiger partial charge in [-0.05, 0) is 108 Å². The van der Waals surface area contributed by atoms with Crippen LogP contribution in [0.1, 0.15) is 121 Å². The fourth-order valence-corrected chi connectivity index (χ4v) is 18.9. The molecule has 0 aromatic rings. The van der Waals surface area contributed by atoms with Gasteiger partial charge in [-0.2, -0.15) is 0 Å². The van der Waals surface area contributed by atoms with Crippen molar-refractivity contribution in [1.29, 1.82) is 0 Å². The highest BCUT2D eigenvalue weighted by molar-refractivity contribution is 6.08. The molecule has 104 heavy (non-hydrogen) atoms. The molecule has 30 heteroatoms. The van der Waals surface area contributed by atoms with Gasteiger partial charge < -0.3 is 90.3 Å². The van der Waals surface area contributed by atoms with Crippen LogP contribution in [0.5, 0.6) is 0 Å². The number of ketones is 2. The van der Waals surface area contributed by atoms with E-state index in [-0.39, 0.29) is 192 Å². The van der Waals surface area contributed by atoms with E-state index in [9.17, 15) is 67.7 Å². The zero-order valence-corrected chi connectivity index (χ0v) is 61.2. The van der Waals surface area contributed by atoms with Crippen molar-refractivity contribution >= 4 is 70.6 Å². The second-order valence-corrected chi connectivity index (χ2v) is 30.7. The molecule has 0 aromatic heterocycles. The maximum Gasteiger partial charge on any atom is 0.250 e. The van der Waals surface area contributed by atoms with Crippen LogP contribution in [0.3, 0.4) is 0 Å². The summed E-state index contributed by atoms with van der Waals surface area (Å²) in [4.78, 5) is 168. The maximum atomic E-state index is 13.0. The lowest BCUT2D eigenvalue weighted by Gasteiger charge is -2.34. The van der Waals surface area contributed by atoms with E-state index in [0.29, 0.717) is 26.2 Å². The summed E-state index contributed by atoms with van der Waals surface area (Å²) in [7, 11) is 0. The molecule has 8 fully saturated rings. The number of carbonyl (C=O) groups is 12. The summed E-state index contributed by atoms with van der Waals surface area (Å²) in [6.45, 7) is 28.4. The second kappa shape index (κ2) is 28.8. The van der Waals surface area contributed by atoms with Crippen molar-refractivity contribution in [3.05, 3.63) is 94.3 Å². The first-order valence-electron chi connectivity index (χ1n) is 37.2. The number of nitrogens with zero attached hydrogens (tertiary/aromatic N) is 12. The third-order valence-corrected chi connectivity index (χ3v) is 24.3. The number of amides is 10. The van der Waals surface area contributed by atoms with Crippen LogP contribution in [0, 0.1) is 0 Å². The van der Waals surface area contributed by atoms with Gasteiger partial charge >= 0.3 is 0 Å². The van der Waals surface area contributed by atoms with Gasteiger partial charge in [-0.1, -0.05) is 0 Å². The predicted molar refractivity (Wildman–Crippen MR) is 377 cm³/mol. The van der Waals surface area contributed by atoms with E-state index in [1.54, 1.807) is 63.0 Å². The standard InChI is InChI=1S/2C23H31N5O4.2C14H19N3O3/c2*1-13-18(8-21(30)24-13)25-6-4-16(11-25)27-14(2)19(9-22(27)31)26-7-5-17(12-26)28-15(3)20(29)10-23(28)32;2*1-8-11(5-13(19)15-8)16-4-3-10(7-16)17-9(2)12(18)6-14(17)20/h8-9,13-17H,4-7,10-12H2,1-3H3,(H,24,30);8-10,13-17,29H,4-7,11-12H2,1-3H3,(H,24,30);5,8-10H,3-4,6-7H2,1-2H3,(H,15,19);5-6,8-10,18H,3-4,7H2,1-2H3,(H,15,19)/t2*13-,14-,15-,16?,17-;2*8-,9-,10?/m0000/s1. The molecule has 4 unspecified atom stereocenters. The highest BCUT2D eigenvalue weighted by Crippen LogP contribution is 2.38. The van der Waals surface area contributed by atoms with Gasteiger partial charge in [0.15, 0.2) is 11.6 Å². The van der Waals surface area contributed by atoms with E-state index in [4.69, 9.17) is 0 Å². The molecular weight excluding hydrogens is 1340 g/mol. The summed E-state index contributed by atoms with van der Waals surface area (Å²) >= 11 is 0. The van der Waals surface area contributed by atoms with E-state index in [1.165, 1.54) is 12.2 Å². The average Bonchev–Trinajstić information content (AvgIpc) is 1.57. The van der Waals surface area contributed by atoms with Gasteiger partial charge in [-0.15, -0.1) is 0 Å². The molecule has 0 spiro atoms. The normalized spacial score (nSPS) is 34.7. The molecule has 16 aliphatic heterocycles. The molecule has 0 bridgehead atoms. The highest BCUT2D eigenvalue weighted by Gasteiger charge is 2.50. The Labute approximate surface area is 606 Å². The fraction of sp³-hybridized carbons (Fsp3) is 0.622. The van der Waals surface area contributed by atoms with Crippen molar-refractivity contribution in [1.82, 2.24) is 80.1 Å². The van der Waals surface area contributed by atoms with Crippen LogP contribution >= 0.6 is 0 Å². The SMILES string of the molecule is C[C@@H]1NC(=O)C=C1N1CCC(N2C(=O)C=C(N3CC[C@H](N4C(=O)C=C(O)[C@@H]4C)C3)[C@@H]2C)C1.C[C@@H]1NC(=O)C=C1N1CCC(N2C(=O)C=C(N3CC[C@H](N4C(=O)CC(=O)[C@@H]4C)C3)[C@@H]2C)C1.C[C@@H]1NC(=O)C=C1N1CCC(N2C(=O)C=C(O)[C@@H]2C)C1.C[C@@H]1NC(=O)C=C1N1CCC(N2C(=O)CC(=O)[C@@H]2C)C1. The molecule has 10 amide bonds. The quantitative estimate of drug-likeness (QED) is 0.140. The molecule has 0 saturated carbocycles. The minimum atomic E-state index is -0.348. The maximum absolute atomic E-state index is 13.0. The number of hydrogen-bond donors (Lipinski definition) is 6. The summed E-state index contributed by atoms with van der Waals surface area (Å²) < 4.78 is 0. The number of rotatable bonds is 12. The van der Waals surface area contributed by atoms with Crippen molar-refractivity contribution in [3.8, 4) is 0 Å². The molecule has 8 saturated heterocycles. The Balaban J connectivity index is 0.000000126. The van der Waals surface area contributed by atoms with E-state index in [2.05, 4.69) is 64.5 Å². The molecule has 560 valence electrons. The Hall–Kier alpha value is -9.64. The van der Waals surface area contributed by atoms with Crippen LogP contribution in [0.25, 0.3) is 0 Å². The summed E-state index contributed by atoms with van der Waals surface area (Å²) in [6.07, 6.45) is 17.9. The number of aliphatic hydroxyl groups is 2. The minimum Gasteiger partial charge on any atom is -0.510 e. The molecule has 0 aliphatic carbocycles. The molecular formula is C74H100N16O14. The number of nitrogens with one attached hydrogen (secondary N) is 4. The Kier molecular flexibility index (Phi) is 20.1. The monoisotopic (exact) mass is 1440 g/mol. The lowest BCUT2D eigenvalue weighted by Crippen LogP contribution is -2.46. The van der Waals surface area contributed by atoms with E-state index in [1.807, 2.05) is 58.3 Å². The van der Waals surface area contributed by atoms with Crippen molar-refractivity contribution < 1.29 is 67.7 Å². The van der Waals surface area contributed by atoms with E-state index < -0.39 is 0 Å². The number of hydrogen-bond acceptors (Lipinski definition) is 20. The van der Waals surface area contributed by atoms with Crippen molar-refractivity contribution in [2.45, 2.75) is 217 Å². The number of carbonyl (C=O) groups excluding carboxylic acids is 12. The molecule has 0 aromatic carbocycles. The highest BCUT2D eigenvalue weighted by atomic mass is 16.3. The molecule has 16 aliphatic rings. The first kappa shape index (κ1) is 72.7. The van der Waals surface area contributed by atoms with Crippen molar-refractivity contribution in [3.63, 3.8) is 0 Å². The van der Waals surface area contributed by atoms with Crippen LogP contribution < -0.4 is 21.3 Å². The molecule has 16 atom stereocenters. The van der Waals surface area contributed by atoms with Crippen LogP contribution in [0.4, 0.5) is 0 Å². The van der Waals surface area contributed by atoms with Gasteiger partial charge in [0, 0.05) is 161 Å². The first-order chi connectivity index (χ1) is 49.4. The van der Waals surface area contributed by atoms with Crippen LogP contribution in [0.2, 0.25) is 0 Å². The van der Waals surface area contributed by atoms with Crippen LogP contribution in [-0.2, 0) is 57.5 Å². The largest absolute Gasteiger partial charge is 0.510 e. The summed E-state index contributed by atoms with van der Waals surface area (Å²) in [6, 6.07) is -0.777. The van der Waals surface area contributed by atoms with Gasteiger partial charge in [-0.25, -0.2) is 0 Å². The second-order valence-electron chi connectivity index (χ2n) is 30.7.